The van der Waals surface area contributed by atoms with E-state index in [4.69, 9.17) is 0 Å². The molecule has 0 aliphatic rings. The molecule has 0 bridgehead atoms. The minimum Gasteiger partial charge on any atom is -0.477 e. The molecule has 0 atom stereocenters. The molecule has 1 aromatic carbocycles. The summed E-state index contributed by atoms with van der Waals surface area (Å²) in [6, 6.07) is 5.23. The fourth-order valence-electron chi connectivity index (χ4n) is 1.97. The van der Waals surface area contributed by atoms with Crippen molar-refractivity contribution in [3.8, 4) is 11.3 Å². The molecule has 2 rings (SSSR count). The number of nitro groups is 1. The van der Waals surface area contributed by atoms with Gasteiger partial charge in [-0.3, -0.25) is 24.3 Å². The van der Waals surface area contributed by atoms with Crippen LogP contribution < -0.4 is 10.2 Å². The summed E-state index contributed by atoms with van der Waals surface area (Å²) >= 11 is 0.469. The number of likely N-dealkylation sites (N-methyl/N-ethyl adjacent to an activating group) is 1. The molecule has 0 saturated heterocycles. The summed E-state index contributed by atoms with van der Waals surface area (Å²) in [5.74, 6) is -1.84. The van der Waals surface area contributed by atoms with E-state index in [0.717, 1.165) is 10.6 Å². The maximum absolute atomic E-state index is 12.0. The van der Waals surface area contributed by atoms with Gasteiger partial charge in [0.1, 0.15) is 11.4 Å². The molecule has 0 spiro atoms. The molecule has 9 nitrogen and oxygen atoms in total. The summed E-state index contributed by atoms with van der Waals surface area (Å²) in [5, 5.41) is 22.5. The highest BCUT2D eigenvalue weighted by Crippen LogP contribution is 2.28. The largest absolute Gasteiger partial charge is 0.477 e. The van der Waals surface area contributed by atoms with E-state index in [1.54, 1.807) is 0 Å². The minimum atomic E-state index is -1.34. The van der Waals surface area contributed by atoms with E-state index in [0.29, 0.717) is 11.3 Å². The molecule has 0 saturated carbocycles. The molecule has 0 radical (unpaired) electrons. The van der Waals surface area contributed by atoms with Gasteiger partial charge in [0, 0.05) is 24.7 Å². The van der Waals surface area contributed by atoms with Crippen molar-refractivity contribution in [2.45, 2.75) is 6.54 Å². The fourth-order valence-corrected chi connectivity index (χ4v) is 2.82. The predicted molar refractivity (Wildman–Crippen MR) is 81.7 cm³/mol. The lowest BCUT2D eigenvalue weighted by molar-refractivity contribution is -0.384. The van der Waals surface area contributed by atoms with Crippen molar-refractivity contribution in [1.29, 1.82) is 0 Å². The molecule has 23 heavy (non-hydrogen) atoms. The summed E-state index contributed by atoms with van der Waals surface area (Å²) in [6.45, 7) is -0.378. The highest BCUT2D eigenvalue weighted by atomic mass is 32.1. The van der Waals surface area contributed by atoms with Gasteiger partial charge in [-0.25, -0.2) is 4.79 Å². The highest BCUT2D eigenvalue weighted by Gasteiger charge is 2.23. The lowest BCUT2D eigenvalue weighted by Gasteiger charge is -2.08. The first-order valence-corrected chi connectivity index (χ1v) is 7.09. The van der Waals surface area contributed by atoms with Crippen molar-refractivity contribution in [3.05, 3.63) is 48.9 Å². The first kappa shape index (κ1) is 16.4. The number of nitrogens with zero attached hydrogens (tertiary/aromatic N) is 2. The fraction of sp³-hybridized carbons (Fsp3) is 0.154. The van der Waals surface area contributed by atoms with Gasteiger partial charge in [-0.15, -0.1) is 0 Å². The van der Waals surface area contributed by atoms with Gasteiger partial charge in [0.15, 0.2) is 0 Å². The van der Waals surface area contributed by atoms with Gasteiger partial charge in [0.05, 0.1) is 10.6 Å². The van der Waals surface area contributed by atoms with Crippen LogP contribution in [0.25, 0.3) is 11.3 Å². The number of non-ortho nitro benzene ring substituents is 1. The quantitative estimate of drug-likeness (QED) is 0.616. The number of rotatable bonds is 5. The number of carbonyl (C=O) groups excluding carboxylic acids is 1. The van der Waals surface area contributed by atoms with Gasteiger partial charge in [-0.05, 0) is 0 Å². The molecular weight excluding hydrogens is 326 g/mol. The topological polar surface area (TPSA) is 132 Å². The first-order valence-electron chi connectivity index (χ1n) is 6.27. The summed E-state index contributed by atoms with van der Waals surface area (Å²) in [6.07, 6.45) is 0. The number of hydrogen-bond acceptors (Lipinski definition) is 6. The number of aromatic carboxylic acids is 1. The van der Waals surface area contributed by atoms with Crippen molar-refractivity contribution in [3.63, 3.8) is 0 Å². The third-order valence-corrected chi connectivity index (χ3v) is 3.97. The van der Waals surface area contributed by atoms with Crippen LogP contribution in [0.1, 0.15) is 9.67 Å². The first-order chi connectivity index (χ1) is 10.8. The Morgan fingerprint density at radius 3 is 2.70 bits per heavy atom. The van der Waals surface area contributed by atoms with Gasteiger partial charge < -0.3 is 10.4 Å². The summed E-state index contributed by atoms with van der Waals surface area (Å²) in [5.41, 5.74) is -0.0948. The van der Waals surface area contributed by atoms with Gasteiger partial charge in [-0.1, -0.05) is 23.5 Å². The molecule has 0 fully saturated rings. The van der Waals surface area contributed by atoms with Crippen LogP contribution in [0.4, 0.5) is 5.69 Å². The van der Waals surface area contributed by atoms with Crippen LogP contribution in [0.3, 0.4) is 0 Å². The monoisotopic (exact) mass is 337 g/mol. The van der Waals surface area contributed by atoms with Crippen LogP contribution in [0.5, 0.6) is 0 Å². The van der Waals surface area contributed by atoms with E-state index in [2.05, 4.69) is 5.32 Å². The Kier molecular flexibility index (Phi) is 4.55. The van der Waals surface area contributed by atoms with Crippen LogP contribution in [-0.4, -0.2) is 33.5 Å². The number of carboxylic acid groups (broad SMARTS) is 1. The minimum absolute atomic E-state index is 0.0280. The van der Waals surface area contributed by atoms with Crippen LogP contribution in [-0.2, 0) is 11.3 Å². The number of benzene rings is 1. The van der Waals surface area contributed by atoms with E-state index in [1.807, 2.05) is 0 Å². The second-order valence-electron chi connectivity index (χ2n) is 4.42. The Morgan fingerprint density at radius 1 is 1.43 bits per heavy atom. The average molecular weight is 337 g/mol. The Hall–Kier alpha value is -3.01. The lowest BCUT2D eigenvalue weighted by atomic mass is 10.1. The zero-order valence-electron chi connectivity index (χ0n) is 11.8. The molecule has 0 aliphatic carbocycles. The number of aromatic nitrogens is 1. The molecule has 2 aromatic rings. The third-order valence-electron chi connectivity index (χ3n) is 3.00. The Morgan fingerprint density at radius 2 is 2.13 bits per heavy atom. The van der Waals surface area contributed by atoms with Crippen molar-refractivity contribution in [2.24, 2.45) is 0 Å². The molecule has 1 amide bonds. The van der Waals surface area contributed by atoms with Gasteiger partial charge >= 0.3 is 10.8 Å². The number of thiazole rings is 1. The third kappa shape index (κ3) is 3.26. The van der Waals surface area contributed by atoms with Crippen molar-refractivity contribution < 1.29 is 19.6 Å². The molecule has 2 N–H and O–H groups in total. The van der Waals surface area contributed by atoms with E-state index < -0.39 is 21.7 Å². The highest BCUT2D eigenvalue weighted by molar-refractivity contribution is 7.11. The maximum atomic E-state index is 12.0. The number of carbonyl (C=O) groups is 2. The number of hydrogen-bond donors (Lipinski definition) is 2. The molecule has 0 unspecified atom stereocenters. The summed E-state index contributed by atoms with van der Waals surface area (Å²) in [7, 11) is 1.38. The van der Waals surface area contributed by atoms with Gasteiger partial charge in [-0.2, -0.15) is 0 Å². The van der Waals surface area contributed by atoms with E-state index >= 15 is 0 Å². The predicted octanol–water partition coefficient (Wildman–Crippen LogP) is 0.929. The van der Waals surface area contributed by atoms with Gasteiger partial charge in [0.2, 0.25) is 5.91 Å². The standard InChI is InChI=1S/C13H11N3O6S/c1-14-9(17)6-15-10(11(12(18)19)23-13(15)20)7-3-2-4-8(5-7)16(21)22/h2-5H,6H2,1H3,(H,14,17)(H,18,19). The zero-order chi connectivity index (χ0) is 17.1. The van der Waals surface area contributed by atoms with Crippen LogP contribution in [0.15, 0.2) is 29.1 Å². The summed E-state index contributed by atoms with van der Waals surface area (Å²) < 4.78 is 0.992. The zero-order valence-corrected chi connectivity index (χ0v) is 12.6. The normalized spacial score (nSPS) is 10.3. The molecule has 10 heteroatoms. The molecule has 1 heterocycles. The van der Waals surface area contributed by atoms with Crippen molar-refractivity contribution in [1.82, 2.24) is 9.88 Å². The Balaban J connectivity index is 2.70. The number of carboxylic acids is 1. The second kappa shape index (κ2) is 6.40. The molecule has 120 valence electrons. The number of amides is 1. The molecular formula is C13H11N3O6S. The van der Waals surface area contributed by atoms with Crippen LogP contribution in [0, 0.1) is 10.1 Å². The van der Waals surface area contributed by atoms with Crippen molar-refractivity contribution >= 4 is 28.9 Å². The van der Waals surface area contributed by atoms with Crippen molar-refractivity contribution in [2.75, 3.05) is 7.05 Å². The van der Waals surface area contributed by atoms with E-state index in [-0.39, 0.29) is 28.4 Å². The summed E-state index contributed by atoms with van der Waals surface area (Å²) in [4.78, 5) is 44.3. The Bertz CT molecular complexity index is 854. The van der Waals surface area contributed by atoms with E-state index in [9.17, 15) is 29.6 Å². The number of nitrogens with one attached hydrogen (secondary N) is 1. The average Bonchev–Trinajstić information content (AvgIpc) is 2.84. The van der Waals surface area contributed by atoms with Crippen LogP contribution >= 0.6 is 11.3 Å². The number of nitro benzene ring substituents is 1. The second-order valence-corrected chi connectivity index (χ2v) is 5.38. The molecule has 1 aromatic heterocycles. The Labute approximate surface area is 132 Å². The molecule has 0 aliphatic heterocycles. The van der Waals surface area contributed by atoms with E-state index in [1.165, 1.54) is 25.2 Å². The maximum Gasteiger partial charge on any atom is 0.348 e. The van der Waals surface area contributed by atoms with Crippen LogP contribution in [0.2, 0.25) is 0 Å². The lowest BCUT2D eigenvalue weighted by Crippen LogP contribution is -2.28. The SMILES string of the molecule is CNC(=O)Cn1c(-c2cccc([N+](=O)[O-])c2)c(C(=O)O)sc1=O. The van der Waals surface area contributed by atoms with Gasteiger partial charge in [0.25, 0.3) is 5.69 Å². The smallest absolute Gasteiger partial charge is 0.348 e.